The van der Waals surface area contributed by atoms with E-state index in [9.17, 15) is 4.79 Å². The standard InChI is InChI=1S/C14H18ClN3OS/c1-14(2)13(19)17(3)7-8-18(14)10-6-4-5-9(15)11(10)12(16)20/h4-6H,7-8H2,1-3H3,(H2,16,20). The lowest BCUT2D eigenvalue weighted by atomic mass is 9.95. The number of carbonyl (C=O) groups excluding carboxylic acids is 1. The zero-order chi connectivity index (χ0) is 15.1. The molecule has 4 nitrogen and oxygen atoms in total. The zero-order valence-electron chi connectivity index (χ0n) is 11.8. The van der Waals surface area contributed by atoms with Crippen molar-refractivity contribution in [3.63, 3.8) is 0 Å². The second kappa shape index (κ2) is 5.22. The van der Waals surface area contributed by atoms with Crippen molar-refractivity contribution in [1.29, 1.82) is 0 Å². The fourth-order valence-corrected chi connectivity index (χ4v) is 3.16. The number of halogens is 1. The van der Waals surface area contributed by atoms with Crippen LogP contribution in [0.5, 0.6) is 0 Å². The van der Waals surface area contributed by atoms with Crippen LogP contribution in [0.15, 0.2) is 18.2 Å². The van der Waals surface area contributed by atoms with Crippen molar-refractivity contribution in [2.75, 3.05) is 25.0 Å². The van der Waals surface area contributed by atoms with Crippen LogP contribution in [0.25, 0.3) is 0 Å². The molecule has 1 aromatic carbocycles. The van der Waals surface area contributed by atoms with E-state index in [4.69, 9.17) is 29.6 Å². The molecule has 1 fully saturated rings. The molecule has 1 aliphatic rings. The van der Waals surface area contributed by atoms with E-state index in [-0.39, 0.29) is 10.9 Å². The van der Waals surface area contributed by atoms with Crippen molar-refractivity contribution in [3.05, 3.63) is 28.8 Å². The number of anilines is 1. The number of piperazine rings is 1. The van der Waals surface area contributed by atoms with Gasteiger partial charge in [0.1, 0.15) is 10.5 Å². The summed E-state index contributed by atoms with van der Waals surface area (Å²) in [6.45, 7) is 5.17. The average Bonchev–Trinajstić information content (AvgIpc) is 2.35. The first-order valence-electron chi connectivity index (χ1n) is 6.38. The molecule has 0 spiro atoms. The number of likely N-dealkylation sites (N-methyl/N-ethyl adjacent to an activating group) is 1. The Morgan fingerprint density at radius 3 is 2.65 bits per heavy atom. The summed E-state index contributed by atoms with van der Waals surface area (Å²) in [6.07, 6.45) is 0. The van der Waals surface area contributed by atoms with Gasteiger partial charge in [-0.1, -0.05) is 29.9 Å². The predicted molar refractivity (Wildman–Crippen MR) is 86.4 cm³/mol. The highest BCUT2D eigenvalue weighted by Crippen LogP contribution is 2.34. The molecule has 1 aliphatic heterocycles. The lowest BCUT2D eigenvalue weighted by Crippen LogP contribution is -2.62. The number of rotatable bonds is 2. The minimum atomic E-state index is -0.656. The van der Waals surface area contributed by atoms with E-state index < -0.39 is 5.54 Å². The molecule has 0 saturated carbocycles. The number of carbonyl (C=O) groups is 1. The van der Waals surface area contributed by atoms with Crippen LogP contribution in [0.4, 0.5) is 5.69 Å². The van der Waals surface area contributed by atoms with E-state index in [1.165, 1.54) is 0 Å². The number of thiocarbonyl (C=S) groups is 1. The van der Waals surface area contributed by atoms with Crippen LogP contribution < -0.4 is 10.6 Å². The Bertz CT molecular complexity index is 574. The van der Waals surface area contributed by atoms with Crippen LogP contribution in [-0.2, 0) is 4.79 Å². The summed E-state index contributed by atoms with van der Waals surface area (Å²) < 4.78 is 0. The van der Waals surface area contributed by atoms with Gasteiger partial charge in [-0.2, -0.15) is 0 Å². The largest absolute Gasteiger partial charge is 0.389 e. The Hall–Kier alpha value is -1.33. The fourth-order valence-electron chi connectivity index (χ4n) is 2.62. The maximum atomic E-state index is 12.4. The molecule has 1 heterocycles. The molecule has 108 valence electrons. The molecule has 0 radical (unpaired) electrons. The number of benzene rings is 1. The van der Waals surface area contributed by atoms with Gasteiger partial charge in [-0.25, -0.2) is 0 Å². The van der Waals surface area contributed by atoms with E-state index in [2.05, 4.69) is 0 Å². The van der Waals surface area contributed by atoms with Crippen molar-refractivity contribution in [3.8, 4) is 0 Å². The molecular formula is C14H18ClN3OS. The SMILES string of the molecule is CN1CCN(c2cccc(Cl)c2C(N)=S)C(C)(C)C1=O. The van der Waals surface area contributed by atoms with Gasteiger partial charge in [-0.3, -0.25) is 4.79 Å². The predicted octanol–water partition coefficient (Wildman–Crippen LogP) is 2.03. The van der Waals surface area contributed by atoms with Crippen LogP contribution in [0.3, 0.4) is 0 Å². The van der Waals surface area contributed by atoms with Gasteiger partial charge in [-0.15, -0.1) is 0 Å². The molecule has 1 amide bonds. The second-order valence-corrected chi connectivity index (χ2v) is 6.28. The highest BCUT2D eigenvalue weighted by atomic mass is 35.5. The minimum Gasteiger partial charge on any atom is -0.389 e. The minimum absolute atomic E-state index is 0.0672. The molecule has 20 heavy (non-hydrogen) atoms. The number of nitrogens with zero attached hydrogens (tertiary/aromatic N) is 2. The van der Waals surface area contributed by atoms with E-state index in [0.29, 0.717) is 23.7 Å². The molecule has 1 saturated heterocycles. The normalized spacial score (nSPS) is 18.3. The van der Waals surface area contributed by atoms with Crippen molar-refractivity contribution in [1.82, 2.24) is 4.90 Å². The third-order valence-electron chi connectivity index (χ3n) is 3.73. The maximum Gasteiger partial charge on any atom is 0.247 e. The monoisotopic (exact) mass is 311 g/mol. The Labute approximate surface area is 129 Å². The van der Waals surface area contributed by atoms with Gasteiger partial charge in [0, 0.05) is 25.8 Å². The molecule has 0 aliphatic carbocycles. The molecule has 2 N–H and O–H groups in total. The van der Waals surface area contributed by atoms with Crippen LogP contribution in [-0.4, -0.2) is 41.5 Å². The summed E-state index contributed by atoms with van der Waals surface area (Å²) in [6, 6.07) is 5.50. The molecule has 0 unspecified atom stereocenters. The Kier molecular flexibility index (Phi) is 3.93. The van der Waals surface area contributed by atoms with Crippen LogP contribution >= 0.6 is 23.8 Å². The lowest BCUT2D eigenvalue weighted by Gasteiger charge is -2.46. The summed E-state index contributed by atoms with van der Waals surface area (Å²) in [4.78, 5) is 16.4. The summed E-state index contributed by atoms with van der Waals surface area (Å²) >= 11 is 11.3. The molecule has 6 heteroatoms. The number of amides is 1. The molecule has 2 rings (SSSR count). The summed E-state index contributed by atoms with van der Waals surface area (Å²) in [5.74, 6) is 0.0672. The number of nitrogens with two attached hydrogens (primary N) is 1. The Morgan fingerprint density at radius 1 is 1.40 bits per heavy atom. The third-order valence-corrected chi connectivity index (χ3v) is 4.25. The first-order chi connectivity index (χ1) is 9.26. The summed E-state index contributed by atoms with van der Waals surface area (Å²) in [5, 5.41) is 0.511. The van der Waals surface area contributed by atoms with Crippen molar-refractivity contribution >= 4 is 40.4 Å². The smallest absolute Gasteiger partial charge is 0.247 e. The van der Waals surface area contributed by atoms with Gasteiger partial charge in [-0.05, 0) is 26.0 Å². The number of hydrogen-bond acceptors (Lipinski definition) is 3. The van der Waals surface area contributed by atoms with Crippen molar-refractivity contribution in [2.24, 2.45) is 5.73 Å². The first kappa shape index (κ1) is 15.1. The van der Waals surface area contributed by atoms with E-state index >= 15 is 0 Å². The fraction of sp³-hybridized carbons (Fsp3) is 0.429. The summed E-state index contributed by atoms with van der Waals surface area (Å²) in [5.41, 5.74) is 6.59. The Balaban J connectivity index is 2.54. The molecule has 0 aromatic heterocycles. The topological polar surface area (TPSA) is 49.6 Å². The van der Waals surface area contributed by atoms with Gasteiger partial charge in [0.2, 0.25) is 5.91 Å². The lowest BCUT2D eigenvalue weighted by molar-refractivity contribution is -0.136. The highest BCUT2D eigenvalue weighted by molar-refractivity contribution is 7.80. The number of hydrogen-bond donors (Lipinski definition) is 1. The van der Waals surface area contributed by atoms with E-state index in [1.807, 2.05) is 37.9 Å². The first-order valence-corrected chi connectivity index (χ1v) is 7.17. The molecule has 0 bridgehead atoms. The quantitative estimate of drug-likeness (QED) is 0.849. The van der Waals surface area contributed by atoms with E-state index in [0.717, 1.165) is 5.69 Å². The molecule has 0 atom stereocenters. The summed E-state index contributed by atoms with van der Waals surface area (Å²) in [7, 11) is 1.81. The molecular weight excluding hydrogens is 294 g/mol. The third kappa shape index (κ3) is 2.36. The van der Waals surface area contributed by atoms with Gasteiger partial charge in [0.15, 0.2) is 0 Å². The van der Waals surface area contributed by atoms with Crippen LogP contribution in [0, 0.1) is 0 Å². The van der Waals surface area contributed by atoms with Crippen LogP contribution in [0.1, 0.15) is 19.4 Å². The Morgan fingerprint density at radius 2 is 2.05 bits per heavy atom. The highest BCUT2D eigenvalue weighted by Gasteiger charge is 2.41. The average molecular weight is 312 g/mol. The zero-order valence-corrected chi connectivity index (χ0v) is 13.4. The van der Waals surface area contributed by atoms with Gasteiger partial charge in [0.05, 0.1) is 10.6 Å². The second-order valence-electron chi connectivity index (χ2n) is 5.44. The maximum absolute atomic E-state index is 12.4. The van der Waals surface area contributed by atoms with Crippen LogP contribution in [0.2, 0.25) is 5.02 Å². The van der Waals surface area contributed by atoms with Crippen molar-refractivity contribution in [2.45, 2.75) is 19.4 Å². The molecule has 1 aromatic rings. The van der Waals surface area contributed by atoms with Gasteiger partial charge < -0.3 is 15.5 Å². The van der Waals surface area contributed by atoms with E-state index in [1.54, 1.807) is 11.0 Å². The van der Waals surface area contributed by atoms with Gasteiger partial charge in [0.25, 0.3) is 0 Å². The van der Waals surface area contributed by atoms with Gasteiger partial charge >= 0.3 is 0 Å². The van der Waals surface area contributed by atoms with Crippen molar-refractivity contribution < 1.29 is 4.79 Å².